The van der Waals surface area contributed by atoms with Crippen LogP contribution in [0.15, 0.2) is 0 Å². The van der Waals surface area contributed by atoms with Gasteiger partial charge in [-0.05, 0) is 49.8 Å². The standard InChI is InChI=1S/C18H24ClN3O3S/c1-4-12-7-5-6-8-22(12)15-13-11(2)14(17(23)25-10-9-24-3)26-16(13)21-18(19)20-15/h12H,4-10H2,1-3H3. The first-order valence-electron chi connectivity index (χ1n) is 8.96. The van der Waals surface area contributed by atoms with Crippen molar-refractivity contribution in [1.29, 1.82) is 0 Å². The molecule has 0 aromatic carbocycles. The molecule has 0 N–H and O–H groups in total. The number of nitrogens with zero attached hydrogens (tertiary/aromatic N) is 3. The molecule has 0 aliphatic carbocycles. The average Bonchev–Trinajstić information content (AvgIpc) is 2.97. The molecule has 0 spiro atoms. The molecule has 1 atom stereocenters. The second kappa shape index (κ2) is 8.50. The van der Waals surface area contributed by atoms with Crippen molar-refractivity contribution in [1.82, 2.24) is 9.97 Å². The van der Waals surface area contributed by atoms with Crippen molar-refractivity contribution in [3.8, 4) is 0 Å². The number of piperidine rings is 1. The molecule has 1 aliphatic rings. The summed E-state index contributed by atoms with van der Waals surface area (Å²) < 4.78 is 10.2. The van der Waals surface area contributed by atoms with Crippen molar-refractivity contribution in [2.24, 2.45) is 0 Å². The van der Waals surface area contributed by atoms with Gasteiger partial charge < -0.3 is 14.4 Å². The van der Waals surface area contributed by atoms with Crippen LogP contribution in [0, 0.1) is 6.92 Å². The van der Waals surface area contributed by atoms with Gasteiger partial charge in [-0.3, -0.25) is 0 Å². The summed E-state index contributed by atoms with van der Waals surface area (Å²) in [6.45, 7) is 5.67. The normalized spacial score (nSPS) is 17.7. The number of esters is 1. The second-order valence-corrected chi connectivity index (χ2v) is 7.77. The predicted octanol–water partition coefficient (Wildman–Crippen LogP) is 4.23. The van der Waals surface area contributed by atoms with E-state index in [-0.39, 0.29) is 17.9 Å². The number of thiophene rings is 1. The highest BCUT2D eigenvalue weighted by Gasteiger charge is 2.28. The highest BCUT2D eigenvalue weighted by molar-refractivity contribution is 7.20. The van der Waals surface area contributed by atoms with Crippen LogP contribution in [0.1, 0.15) is 47.8 Å². The van der Waals surface area contributed by atoms with E-state index in [0.717, 1.165) is 47.4 Å². The molecule has 1 fully saturated rings. The molecule has 2 aromatic rings. The summed E-state index contributed by atoms with van der Waals surface area (Å²) in [6.07, 6.45) is 4.57. The number of hydrogen-bond donors (Lipinski definition) is 0. The maximum Gasteiger partial charge on any atom is 0.348 e. The third-order valence-corrected chi connectivity index (χ3v) is 6.15. The summed E-state index contributed by atoms with van der Waals surface area (Å²) in [7, 11) is 1.57. The number of ether oxygens (including phenoxy) is 2. The van der Waals surface area contributed by atoms with E-state index in [1.165, 1.54) is 17.8 Å². The van der Waals surface area contributed by atoms with E-state index in [2.05, 4.69) is 21.8 Å². The Morgan fingerprint density at radius 3 is 2.88 bits per heavy atom. The summed E-state index contributed by atoms with van der Waals surface area (Å²) >= 11 is 7.52. The molecule has 1 saturated heterocycles. The Hall–Kier alpha value is -1.44. The topological polar surface area (TPSA) is 64.6 Å². The molecule has 0 radical (unpaired) electrons. The number of rotatable bonds is 6. The quantitative estimate of drug-likeness (QED) is 0.413. The Labute approximate surface area is 162 Å². The average molecular weight is 398 g/mol. The molecule has 0 amide bonds. The third kappa shape index (κ3) is 3.80. The van der Waals surface area contributed by atoms with E-state index in [1.54, 1.807) is 7.11 Å². The van der Waals surface area contributed by atoms with Crippen LogP contribution in [0.25, 0.3) is 10.2 Å². The number of halogens is 1. The molecule has 1 unspecified atom stereocenters. The number of methoxy groups -OCH3 is 1. The van der Waals surface area contributed by atoms with Gasteiger partial charge in [0.05, 0.1) is 12.0 Å². The highest BCUT2D eigenvalue weighted by atomic mass is 35.5. The minimum Gasteiger partial charge on any atom is -0.459 e. The van der Waals surface area contributed by atoms with E-state index >= 15 is 0 Å². The van der Waals surface area contributed by atoms with Gasteiger partial charge in [0.1, 0.15) is 22.1 Å². The lowest BCUT2D eigenvalue weighted by Crippen LogP contribution is -2.39. The maximum absolute atomic E-state index is 12.4. The van der Waals surface area contributed by atoms with E-state index < -0.39 is 0 Å². The summed E-state index contributed by atoms with van der Waals surface area (Å²) in [5.74, 6) is 0.492. The molecular formula is C18H24ClN3O3S. The summed E-state index contributed by atoms with van der Waals surface area (Å²) in [5, 5.41) is 1.13. The van der Waals surface area contributed by atoms with Crippen LogP contribution in [-0.4, -0.2) is 48.8 Å². The fraction of sp³-hybridized carbons (Fsp3) is 0.611. The number of carbonyl (C=O) groups excluding carboxylic acids is 1. The van der Waals surface area contributed by atoms with Crippen LogP contribution in [0.2, 0.25) is 5.28 Å². The van der Waals surface area contributed by atoms with Crippen LogP contribution >= 0.6 is 22.9 Å². The number of fused-ring (bicyclic) bond motifs is 1. The SMILES string of the molecule is CCC1CCCCN1c1nc(Cl)nc2sc(C(=O)OCCOC)c(C)c12. The fourth-order valence-electron chi connectivity index (χ4n) is 3.48. The van der Waals surface area contributed by atoms with Crippen LogP contribution in [0.5, 0.6) is 0 Å². The van der Waals surface area contributed by atoms with Gasteiger partial charge in [0.25, 0.3) is 0 Å². The molecule has 3 heterocycles. The Balaban J connectivity index is 2.03. The highest BCUT2D eigenvalue weighted by Crippen LogP contribution is 2.38. The molecule has 0 bridgehead atoms. The van der Waals surface area contributed by atoms with Gasteiger partial charge in [-0.25, -0.2) is 9.78 Å². The zero-order valence-corrected chi connectivity index (χ0v) is 17.0. The van der Waals surface area contributed by atoms with E-state index in [1.807, 2.05) is 6.92 Å². The lowest BCUT2D eigenvalue weighted by molar-refractivity contribution is 0.0393. The number of carbonyl (C=O) groups is 1. The predicted molar refractivity (Wildman–Crippen MR) is 105 cm³/mol. The van der Waals surface area contributed by atoms with Crippen LogP contribution in [0.4, 0.5) is 5.82 Å². The first-order valence-corrected chi connectivity index (χ1v) is 10.2. The molecule has 0 saturated carbocycles. The Morgan fingerprint density at radius 1 is 1.35 bits per heavy atom. The Bertz CT molecular complexity index is 796. The summed E-state index contributed by atoms with van der Waals surface area (Å²) in [6, 6.07) is 0.439. The van der Waals surface area contributed by atoms with Gasteiger partial charge in [-0.1, -0.05) is 6.92 Å². The molecule has 8 heteroatoms. The molecule has 2 aromatic heterocycles. The maximum atomic E-state index is 12.4. The zero-order chi connectivity index (χ0) is 18.7. The Morgan fingerprint density at radius 2 is 2.15 bits per heavy atom. The van der Waals surface area contributed by atoms with Crippen molar-refractivity contribution < 1.29 is 14.3 Å². The van der Waals surface area contributed by atoms with Gasteiger partial charge in [0.2, 0.25) is 5.28 Å². The second-order valence-electron chi connectivity index (χ2n) is 6.43. The van der Waals surface area contributed by atoms with Crippen molar-refractivity contribution in [3.05, 3.63) is 15.7 Å². The number of aromatic nitrogens is 2. The third-order valence-electron chi connectivity index (χ3n) is 4.82. The van der Waals surface area contributed by atoms with E-state index in [0.29, 0.717) is 17.5 Å². The van der Waals surface area contributed by atoms with Crippen LogP contribution < -0.4 is 4.90 Å². The van der Waals surface area contributed by atoms with Crippen molar-refractivity contribution in [2.75, 3.05) is 31.8 Å². The van der Waals surface area contributed by atoms with E-state index in [4.69, 9.17) is 21.1 Å². The fourth-order valence-corrected chi connectivity index (χ4v) is 4.77. The van der Waals surface area contributed by atoms with Crippen LogP contribution in [0.3, 0.4) is 0 Å². The summed E-state index contributed by atoms with van der Waals surface area (Å²) in [5.41, 5.74) is 0.861. The monoisotopic (exact) mass is 397 g/mol. The Kier molecular flexibility index (Phi) is 6.32. The van der Waals surface area contributed by atoms with Gasteiger partial charge in [-0.2, -0.15) is 4.98 Å². The summed E-state index contributed by atoms with van der Waals surface area (Å²) in [4.78, 5) is 25.0. The van der Waals surface area contributed by atoms with Gasteiger partial charge in [-0.15, -0.1) is 11.3 Å². The number of anilines is 1. The van der Waals surface area contributed by atoms with Gasteiger partial charge >= 0.3 is 5.97 Å². The lowest BCUT2D eigenvalue weighted by Gasteiger charge is -2.36. The van der Waals surface area contributed by atoms with Crippen molar-refractivity contribution in [3.63, 3.8) is 0 Å². The molecule has 1 aliphatic heterocycles. The molecule has 26 heavy (non-hydrogen) atoms. The zero-order valence-electron chi connectivity index (χ0n) is 15.4. The lowest BCUT2D eigenvalue weighted by atomic mass is 9.99. The largest absolute Gasteiger partial charge is 0.459 e. The minimum absolute atomic E-state index is 0.216. The van der Waals surface area contributed by atoms with Crippen LogP contribution in [-0.2, 0) is 9.47 Å². The van der Waals surface area contributed by atoms with E-state index in [9.17, 15) is 4.79 Å². The molecule has 3 rings (SSSR count). The number of hydrogen-bond acceptors (Lipinski definition) is 7. The smallest absolute Gasteiger partial charge is 0.348 e. The van der Waals surface area contributed by atoms with Gasteiger partial charge in [0, 0.05) is 19.7 Å². The first kappa shape index (κ1) is 19.3. The van der Waals surface area contributed by atoms with Crippen molar-refractivity contribution in [2.45, 2.75) is 45.6 Å². The number of aryl methyl sites for hydroxylation is 1. The molecule has 6 nitrogen and oxygen atoms in total. The van der Waals surface area contributed by atoms with Crippen molar-refractivity contribution >= 4 is 44.9 Å². The first-order chi connectivity index (χ1) is 12.6. The molecular weight excluding hydrogens is 374 g/mol. The molecule has 142 valence electrons. The minimum atomic E-state index is -0.352. The van der Waals surface area contributed by atoms with Gasteiger partial charge in [0.15, 0.2) is 0 Å².